The minimum absolute atomic E-state index is 0.494. The van der Waals surface area contributed by atoms with Crippen LogP contribution in [-0.4, -0.2) is 27.8 Å². The molecule has 19 heavy (non-hydrogen) atoms. The summed E-state index contributed by atoms with van der Waals surface area (Å²) < 4.78 is 7.17. The van der Waals surface area contributed by atoms with Gasteiger partial charge in [-0.1, -0.05) is 6.07 Å². The highest BCUT2D eigenvalue weighted by atomic mass is 127. The van der Waals surface area contributed by atoms with Gasteiger partial charge in [-0.15, -0.1) is 0 Å². The average Bonchev–Trinajstić information content (AvgIpc) is 2.64. The highest BCUT2D eigenvalue weighted by Gasteiger charge is 2.21. The Bertz CT molecular complexity index is 656. The number of rotatable bonds is 1. The quantitative estimate of drug-likeness (QED) is 0.570. The van der Waals surface area contributed by atoms with E-state index in [0.717, 1.165) is 11.7 Å². The molecule has 0 N–H and O–H groups in total. The van der Waals surface area contributed by atoms with Gasteiger partial charge in [0.05, 0.1) is 5.52 Å². The van der Waals surface area contributed by atoms with Crippen molar-refractivity contribution in [2.24, 2.45) is 0 Å². The smallest absolute Gasteiger partial charge is 0.435 e. The van der Waals surface area contributed by atoms with Crippen LogP contribution in [0.2, 0.25) is 0 Å². The molecular weight excluding hydrogens is 359 g/mol. The van der Waals surface area contributed by atoms with Gasteiger partial charge in [0.15, 0.2) is 0 Å². The zero-order valence-electron chi connectivity index (χ0n) is 10.8. The van der Waals surface area contributed by atoms with Crippen molar-refractivity contribution in [1.29, 1.82) is 0 Å². The molecule has 0 saturated heterocycles. The van der Waals surface area contributed by atoms with Crippen molar-refractivity contribution in [1.82, 2.24) is 9.78 Å². The normalized spacial score (nSPS) is 11.6. The van der Waals surface area contributed by atoms with E-state index in [1.807, 2.05) is 22.6 Å². The van der Waals surface area contributed by atoms with Crippen LogP contribution in [0.3, 0.4) is 0 Å². The van der Waals surface area contributed by atoms with Crippen molar-refractivity contribution >= 4 is 45.9 Å². The van der Waals surface area contributed by atoms with Crippen LogP contribution in [0.15, 0.2) is 18.2 Å². The lowest BCUT2D eigenvalue weighted by Gasteiger charge is -2.19. The van der Waals surface area contributed by atoms with E-state index in [4.69, 9.17) is 4.74 Å². The Balaban J connectivity index is 2.54. The molecule has 0 unspecified atom stereocenters. The van der Waals surface area contributed by atoms with Gasteiger partial charge in [-0.05, 0) is 55.5 Å². The van der Waals surface area contributed by atoms with E-state index in [2.05, 4.69) is 5.10 Å². The van der Waals surface area contributed by atoms with Crippen molar-refractivity contribution in [3.8, 4) is 0 Å². The predicted octanol–water partition coefficient (Wildman–Crippen LogP) is 3.24. The van der Waals surface area contributed by atoms with E-state index in [0.29, 0.717) is 14.8 Å². The van der Waals surface area contributed by atoms with Gasteiger partial charge in [-0.3, -0.25) is 4.79 Å². The van der Waals surface area contributed by atoms with Gasteiger partial charge in [-0.25, -0.2) is 4.79 Å². The number of aldehydes is 1. The van der Waals surface area contributed by atoms with Crippen molar-refractivity contribution in [3.05, 3.63) is 27.5 Å². The Morgan fingerprint density at radius 1 is 1.42 bits per heavy atom. The Kier molecular flexibility index (Phi) is 3.62. The van der Waals surface area contributed by atoms with Crippen molar-refractivity contribution in [2.75, 3.05) is 0 Å². The second-order valence-corrected chi connectivity index (χ2v) is 6.10. The molecule has 0 atom stereocenters. The summed E-state index contributed by atoms with van der Waals surface area (Å²) in [7, 11) is 0. The van der Waals surface area contributed by atoms with E-state index in [1.54, 1.807) is 39.0 Å². The summed E-state index contributed by atoms with van der Waals surface area (Å²) in [6.45, 7) is 5.37. The summed E-state index contributed by atoms with van der Waals surface area (Å²) in [5.41, 5.74) is 0.472. The van der Waals surface area contributed by atoms with Crippen LogP contribution in [0.5, 0.6) is 0 Å². The second kappa shape index (κ2) is 4.92. The van der Waals surface area contributed by atoms with E-state index in [1.165, 1.54) is 4.68 Å². The Morgan fingerprint density at radius 3 is 2.68 bits per heavy atom. The first-order valence-corrected chi connectivity index (χ1v) is 6.76. The van der Waals surface area contributed by atoms with Crippen LogP contribution in [0.25, 0.3) is 10.9 Å². The second-order valence-electron chi connectivity index (χ2n) is 5.08. The summed E-state index contributed by atoms with van der Waals surface area (Å²) in [5, 5.41) is 4.98. The van der Waals surface area contributed by atoms with E-state index < -0.39 is 11.7 Å². The van der Waals surface area contributed by atoms with Crippen LogP contribution in [0.4, 0.5) is 4.79 Å². The summed E-state index contributed by atoms with van der Waals surface area (Å²) >= 11 is 2.05. The first-order chi connectivity index (χ1) is 8.81. The first-order valence-electron chi connectivity index (χ1n) is 5.68. The molecule has 0 aliphatic rings. The number of fused-ring (bicyclic) bond motifs is 1. The highest BCUT2D eigenvalue weighted by Crippen LogP contribution is 2.22. The topological polar surface area (TPSA) is 61.2 Å². The number of aromatic nitrogens is 2. The van der Waals surface area contributed by atoms with Gasteiger partial charge in [0, 0.05) is 10.9 Å². The maximum atomic E-state index is 12.1. The van der Waals surface area contributed by atoms with Crippen molar-refractivity contribution < 1.29 is 14.3 Å². The lowest BCUT2D eigenvalue weighted by atomic mass is 10.2. The number of halogens is 1. The van der Waals surface area contributed by atoms with Crippen LogP contribution >= 0.6 is 22.6 Å². The molecule has 1 aromatic heterocycles. The molecule has 0 saturated carbocycles. The summed E-state index contributed by atoms with van der Waals surface area (Å²) in [4.78, 5) is 22.9. The van der Waals surface area contributed by atoms with Crippen molar-refractivity contribution in [3.63, 3.8) is 0 Å². The standard InChI is InChI=1S/C13H13IN2O3/c1-13(2,3)19-12(18)16-10-6-8(7-17)4-5-9(10)11(14)15-16/h4-7H,1-3H3. The summed E-state index contributed by atoms with van der Waals surface area (Å²) in [6.07, 6.45) is 0.183. The fourth-order valence-electron chi connectivity index (χ4n) is 1.61. The fourth-order valence-corrected chi connectivity index (χ4v) is 2.28. The monoisotopic (exact) mass is 372 g/mol. The molecule has 0 aliphatic heterocycles. The molecule has 0 spiro atoms. The third-order valence-electron chi connectivity index (χ3n) is 2.36. The molecule has 0 radical (unpaired) electrons. The Hall–Kier alpha value is -1.44. The number of nitrogens with zero attached hydrogens (tertiary/aromatic N) is 2. The summed E-state index contributed by atoms with van der Waals surface area (Å²) in [5.74, 6) is 0. The number of benzene rings is 1. The van der Waals surface area contributed by atoms with Gasteiger partial charge in [-0.2, -0.15) is 9.78 Å². The molecule has 0 aliphatic carbocycles. The predicted molar refractivity (Wildman–Crippen MR) is 79.5 cm³/mol. The maximum absolute atomic E-state index is 12.1. The van der Waals surface area contributed by atoms with Gasteiger partial charge in [0.2, 0.25) is 0 Å². The van der Waals surface area contributed by atoms with Gasteiger partial charge < -0.3 is 4.74 Å². The van der Waals surface area contributed by atoms with Gasteiger partial charge in [0.25, 0.3) is 0 Å². The molecule has 2 rings (SSSR count). The van der Waals surface area contributed by atoms with Crippen molar-refractivity contribution in [2.45, 2.75) is 26.4 Å². The number of ether oxygens (including phenoxy) is 1. The maximum Gasteiger partial charge on any atom is 0.435 e. The number of carbonyl (C=O) groups is 2. The van der Waals surface area contributed by atoms with Crippen LogP contribution in [0, 0.1) is 3.70 Å². The molecule has 1 aromatic carbocycles. The molecule has 2 aromatic rings. The molecule has 0 bridgehead atoms. The van der Waals surface area contributed by atoms with Crippen LogP contribution in [0.1, 0.15) is 31.1 Å². The van der Waals surface area contributed by atoms with Gasteiger partial charge in [0.1, 0.15) is 15.6 Å². The molecule has 6 heteroatoms. The number of hydrogen-bond donors (Lipinski definition) is 0. The van der Waals surface area contributed by atoms with Gasteiger partial charge >= 0.3 is 6.09 Å². The van der Waals surface area contributed by atoms with Crippen LogP contribution in [-0.2, 0) is 4.74 Å². The summed E-state index contributed by atoms with van der Waals surface area (Å²) in [6, 6.07) is 5.09. The van der Waals surface area contributed by atoms with E-state index >= 15 is 0 Å². The Morgan fingerprint density at radius 2 is 2.11 bits per heavy atom. The average molecular weight is 372 g/mol. The largest absolute Gasteiger partial charge is 0.442 e. The SMILES string of the molecule is CC(C)(C)OC(=O)n1nc(I)c2ccc(C=O)cc21. The minimum atomic E-state index is -0.594. The molecule has 100 valence electrons. The van der Waals surface area contributed by atoms with Crippen LogP contribution < -0.4 is 0 Å². The molecule has 0 amide bonds. The third kappa shape index (κ3) is 2.94. The van der Waals surface area contributed by atoms with E-state index in [-0.39, 0.29) is 0 Å². The van der Waals surface area contributed by atoms with E-state index in [9.17, 15) is 9.59 Å². The fraction of sp³-hybridized carbons (Fsp3) is 0.308. The molecule has 5 nitrogen and oxygen atoms in total. The first kappa shape index (κ1) is 14.0. The molecular formula is C13H13IN2O3. The Labute approximate surface area is 124 Å². The zero-order valence-corrected chi connectivity index (χ0v) is 13.0. The highest BCUT2D eigenvalue weighted by molar-refractivity contribution is 14.1. The number of hydrogen-bond acceptors (Lipinski definition) is 4. The lowest BCUT2D eigenvalue weighted by Crippen LogP contribution is -2.27. The molecule has 1 heterocycles. The lowest BCUT2D eigenvalue weighted by molar-refractivity contribution is 0.0522. The number of carbonyl (C=O) groups excluding carboxylic acids is 2. The molecule has 0 fully saturated rings. The zero-order chi connectivity index (χ0) is 14.2. The third-order valence-corrected chi connectivity index (χ3v) is 3.16. The minimum Gasteiger partial charge on any atom is -0.442 e.